The normalized spacial score (nSPS) is 15.7. The maximum absolute atomic E-state index is 2.51. The van der Waals surface area contributed by atoms with Crippen LogP contribution in [-0.4, -0.2) is 0 Å². The number of fused-ring (bicyclic) bond motifs is 10. The van der Waals surface area contributed by atoms with Gasteiger partial charge in [-0.2, -0.15) is 0 Å². The summed E-state index contributed by atoms with van der Waals surface area (Å²) in [4.78, 5) is 0. The molecule has 0 saturated carbocycles. The van der Waals surface area contributed by atoms with E-state index in [4.69, 9.17) is 0 Å². The van der Waals surface area contributed by atoms with E-state index < -0.39 is 0 Å². The molecule has 0 bridgehead atoms. The highest BCUT2D eigenvalue weighted by molar-refractivity contribution is 6.30. The summed E-state index contributed by atoms with van der Waals surface area (Å²) in [6.45, 7) is 7.17. The Kier molecular flexibility index (Phi) is 7.59. The Balaban J connectivity index is 1.08. The van der Waals surface area contributed by atoms with Gasteiger partial charge in [-0.15, -0.1) is 0 Å². The van der Waals surface area contributed by atoms with Crippen LogP contribution in [0.4, 0.5) is 0 Å². The van der Waals surface area contributed by atoms with Crippen LogP contribution in [-0.2, 0) is 10.8 Å². The van der Waals surface area contributed by atoms with E-state index in [-0.39, 0.29) is 10.8 Å². The molecule has 0 heterocycles. The summed E-state index contributed by atoms with van der Waals surface area (Å²) in [5.74, 6) is 0. The third kappa shape index (κ3) is 4.92. The third-order valence-electron chi connectivity index (χ3n) is 14.9. The minimum absolute atomic E-state index is 0.0873. The summed E-state index contributed by atoms with van der Waals surface area (Å²) in [7, 11) is 0. The van der Waals surface area contributed by atoms with Crippen molar-refractivity contribution in [1.82, 2.24) is 0 Å². The van der Waals surface area contributed by atoms with Gasteiger partial charge in [0, 0.05) is 10.8 Å². The summed E-state index contributed by atoms with van der Waals surface area (Å²) in [5, 5.41) is 10.1. The van der Waals surface area contributed by atoms with Crippen molar-refractivity contribution in [3.05, 3.63) is 240 Å². The zero-order chi connectivity index (χ0) is 42.0. The molecule has 0 saturated heterocycles. The van der Waals surface area contributed by atoms with Gasteiger partial charge in [0.05, 0.1) is 0 Å². The molecule has 0 aromatic heterocycles. The Morgan fingerprint density at radius 1 is 0.254 bits per heavy atom. The molecule has 0 fully saturated rings. The molecule has 0 spiro atoms. The Bertz CT molecular complexity index is 3600. The van der Waals surface area contributed by atoms with Gasteiger partial charge in [0.2, 0.25) is 0 Å². The molecule has 0 radical (unpaired) electrons. The molecule has 2 aliphatic rings. The number of benzene rings is 11. The second-order valence-corrected chi connectivity index (χ2v) is 18.4. The van der Waals surface area contributed by atoms with Gasteiger partial charge in [-0.3, -0.25) is 0 Å². The number of hydrogen-bond acceptors (Lipinski definition) is 0. The average Bonchev–Trinajstić information content (AvgIpc) is 3.73. The topological polar surface area (TPSA) is 0 Å². The fraction of sp³-hybridized carbons (Fsp3) is 0.0794. The quantitative estimate of drug-likeness (QED) is 0.156. The number of rotatable bonds is 4. The van der Waals surface area contributed by atoms with Gasteiger partial charge in [0.1, 0.15) is 0 Å². The van der Waals surface area contributed by atoms with Gasteiger partial charge < -0.3 is 0 Å². The molecule has 0 aliphatic heterocycles. The molecule has 0 heteroatoms. The minimum Gasteiger partial charge on any atom is -0.0622 e. The first-order valence-electron chi connectivity index (χ1n) is 22.4. The van der Waals surface area contributed by atoms with Crippen LogP contribution in [0.3, 0.4) is 0 Å². The summed E-state index contributed by atoms with van der Waals surface area (Å²) < 4.78 is 0. The molecule has 0 amide bonds. The maximum Gasteiger partial charge on any atom is 0.0435 e. The van der Waals surface area contributed by atoms with Gasteiger partial charge >= 0.3 is 0 Å². The largest absolute Gasteiger partial charge is 0.0622 e. The second kappa shape index (κ2) is 13.2. The van der Waals surface area contributed by atoms with Crippen molar-refractivity contribution >= 4 is 43.1 Å². The standard InChI is InChI=1S/C63H44/c1-62(2)54-31-17-15-21-42(54)44-35-33-39(37-56(44)62)58-46-23-7-11-27-50(46)60(51-28-12-8-24-47(51)58)61-52-29-13-9-25-48(52)59(49-26-10-14-30-53(49)61)40-34-36-45-43-22-16-18-32-55(43)63(3,57(45)38-40)41-19-5-4-6-20-41/h4-38H,1-3H3. The van der Waals surface area contributed by atoms with E-state index in [0.717, 1.165) is 0 Å². The van der Waals surface area contributed by atoms with Gasteiger partial charge in [-0.25, -0.2) is 0 Å². The van der Waals surface area contributed by atoms with Crippen LogP contribution >= 0.6 is 0 Å². The Labute approximate surface area is 368 Å². The van der Waals surface area contributed by atoms with Crippen molar-refractivity contribution in [2.75, 3.05) is 0 Å². The molecule has 11 aromatic rings. The zero-order valence-corrected chi connectivity index (χ0v) is 35.7. The fourth-order valence-electron chi connectivity index (χ4n) is 12.0. The molecule has 13 rings (SSSR count). The van der Waals surface area contributed by atoms with Crippen LogP contribution in [0.2, 0.25) is 0 Å². The van der Waals surface area contributed by atoms with Crippen molar-refractivity contribution in [3.8, 4) is 55.6 Å². The molecular weight excluding hydrogens is 757 g/mol. The lowest BCUT2D eigenvalue weighted by atomic mass is 9.73. The van der Waals surface area contributed by atoms with Crippen molar-refractivity contribution in [2.24, 2.45) is 0 Å². The smallest absolute Gasteiger partial charge is 0.0435 e. The molecule has 296 valence electrons. The van der Waals surface area contributed by atoms with Crippen LogP contribution in [0.1, 0.15) is 48.6 Å². The maximum atomic E-state index is 2.51. The Morgan fingerprint density at radius 2 is 0.587 bits per heavy atom. The van der Waals surface area contributed by atoms with Crippen LogP contribution in [0, 0.1) is 0 Å². The molecule has 0 N–H and O–H groups in total. The van der Waals surface area contributed by atoms with E-state index in [1.165, 1.54) is 127 Å². The van der Waals surface area contributed by atoms with E-state index in [9.17, 15) is 0 Å². The van der Waals surface area contributed by atoms with Gasteiger partial charge in [0.15, 0.2) is 0 Å². The first-order valence-corrected chi connectivity index (χ1v) is 22.4. The molecule has 1 atom stereocenters. The predicted molar refractivity (Wildman–Crippen MR) is 268 cm³/mol. The third-order valence-corrected chi connectivity index (χ3v) is 14.9. The zero-order valence-electron chi connectivity index (χ0n) is 35.7. The fourth-order valence-corrected chi connectivity index (χ4v) is 12.0. The van der Waals surface area contributed by atoms with E-state index in [1.54, 1.807) is 0 Å². The SMILES string of the molecule is CC1(C)c2ccccc2-c2ccc(-c3c4ccccc4c(-c4c5ccccc5c(-c5ccc6c(c5)C(C)(c5ccccc5)c5ccccc5-6)c5ccccc45)c4ccccc34)cc21. The predicted octanol–water partition coefficient (Wildman–Crippen LogP) is 16.9. The van der Waals surface area contributed by atoms with E-state index in [0.29, 0.717) is 0 Å². The molecule has 63 heavy (non-hydrogen) atoms. The van der Waals surface area contributed by atoms with Gasteiger partial charge in [0.25, 0.3) is 0 Å². The molecule has 0 nitrogen and oxygen atoms in total. The van der Waals surface area contributed by atoms with E-state index in [1.807, 2.05) is 0 Å². The molecular formula is C63H44. The average molecular weight is 801 g/mol. The Hall–Kier alpha value is -7.54. The van der Waals surface area contributed by atoms with E-state index in [2.05, 4.69) is 233 Å². The van der Waals surface area contributed by atoms with Crippen LogP contribution in [0.5, 0.6) is 0 Å². The summed E-state index contributed by atoms with van der Waals surface area (Å²) in [6.07, 6.45) is 0. The van der Waals surface area contributed by atoms with Gasteiger partial charge in [-0.05, 0) is 146 Å². The second-order valence-electron chi connectivity index (χ2n) is 18.4. The minimum atomic E-state index is -0.285. The lowest BCUT2D eigenvalue weighted by Gasteiger charge is -2.29. The first-order chi connectivity index (χ1) is 30.9. The number of hydrogen-bond donors (Lipinski definition) is 0. The Morgan fingerprint density at radius 3 is 1.06 bits per heavy atom. The van der Waals surface area contributed by atoms with Gasteiger partial charge in [-0.1, -0.05) is 214 Å². The first kappa shape index (κ1) is 36.1. The lowest BCUT2D eigenvalue weighted by Crippen LogP contribution is -2.22. The highest BCUT2D eigenvalue weighted by Crippen LogP contribution is 2.56. The lowest BCUT2D eigenvalue weighted by molar-refractivity contribution is 0.660. The van der Waals surface area contributed by atoms with Crippen LogP contribution in [0.25, 0.3) is 98.7 Å². The van der Waals surface area contributed by atoms with Crippen molar-refractivity contribution in [1.29, 1.82) is 0 Å². The molecule has 11 aromatic carbocycles. The molecule has 2 aliphatic carbocycles. The van der Waals surface area contributed by atoms with Crippen molar-refractivity contribution in [3.63, 3.8) is 0 Å². The monoisotopic (exact) mass is 800 g/mol. The highest BCUT2D eigenvalue weighted by Gasteiger charge is 2.41. The van der Waals surface area contributed by atoms with E-state index >= 15 is 0 Å². The van der Waals surface area contributed by atoms with Crippen LogP contribution < -0.4 is 0 Å². The summed E-state index contributed by atoms with van der Waals surface area (Å²) >= 11 is 0. The van der Waals surface area contributed by atoms with Crippen molar-refractivity contribution < 1.29 is 0 Å². The summed E-state index contributed by atoms with van der Waals surface area (Å²) in [6, 6.07) is 80.0. The molecule has 1 unspecified atom stereocenters. The highest BCUT2D eigenvalue weighted by atomic mass is 14.4. The van der Waals surface area contributed by atoms with Crippen LogP contribution in [0.15, 0.2) is 212 Å². The summed E-state index contributed by atoms with van der Waals surface area (Å²) in [5.41, 5.74) is 19.5. The van der Waals surface area contributed by atoms with Crippen molar-refractivity contribution in [2.45, 2.75) is 31.6 Å².